The highest BCUT2D eigenvalue weighted by molar-refractivity contribution is 4.86. The van der Waals surface area contributed by atoms with Gasteiger partial charge in [0.2, 0.25) is 0 Å². The van der Waals surface area contributed by atoms with Crippen LogP contribution in [0.2, 0.25) is 0 Å². The van der Waals surface area contributed by atoms with E-state index in [1.165, 1.54) is 6.26 Å². The van der Waals surface area contributed by atoms with E-state index in [2.05, 4.69) is 9.40 Å². The molecule has 8 heavy (non-hydrogen) atoms. The highest BCUT2D eigenvalue weighted by atomic mass is 16.4. The molecule has 0 saturated heterocycles. The van der Waals surface area contributed by atoms with Crippen molar-refractivity contribution in [1.29, 1.82) is 0 Å². The van der Waals surface area contributed by atoms with Crippen molar-refractivity contribution in [3.8, 4) is 0 Å². The van der Waals surface area contributed by atoms with Gasteiger partial charge in [-0.3, -0.25) is 4.98 Å². The van der Waals surface area contributed by atoms with E-state index in [-0.39, 0.29) is 6.61 Å². The van der Waals surface area contributed by atoms with Gasteiger partial charge in [-0.2, -0.15) is 0 Å². The summed E-state index contributed by atoms with van der Waals surface area (Å²) >= 11 is 0. The van der Waals surface area contributed by atoms with Crippen molar-refractivity contribution in [2.24, 2.45) is 0 Å². The van der Waals surface area contributed by atoms with Crippen LogP contribution in [-0.4, -0.2) is 10.1 Å². The lowest BCUT2D eigenvalue weighted by atomic mass is 10.5. The van der Waals surface area contributed by atoms with E-state index in [0.717, 1.165) is 0 Å². The van der Waals surface area contributed by atoms with Gasteiger partial charge in [0.1, 0.15) is 6.26 Å². The van der Waals surface area contributed by atoms with E-state index in [4.69, 9.17) is 5.11 Å². The molecule has 0 aliphatic carbocycles. The predicted octanol–water partition coefficient (Wildman–Crippen LogP) is -0.540. The summed E-state index contributed by atoms with van der Waals surface area (Å²) in [5.41, 5.74) is 0.398. The van der Waals surface area contributed by atoms with Crippen molar-refractivity contribution in [2.45, 2.75) is 6.61 Å². The molecule has 0 aliphatic rings. The Labute approximate surface area is 44.8 Å². The van der Waals surface area contributed by atoms with Crippen LogP contribution in [0, 0.1) is 0 Å². The minimum Gasteiger partial charge on any atom is -0.416 e. The van der Waals surface area contributed by atoms with E-state index in [0.29, 0.717) is 5.69 Å². The summed E-state index contributed by atoms with van der Waals surface area (Å²) in [5, 5.41) is 8.32. The number of rotatable bonds is 1. The van der Waals surface area contributed by atoms with Crippen LogP contribution in [-0.2, 0) is 6.61 Å². The first kappa shape index (κ1) is 5.11. The zero-order valence-corrected chi connectivity index (χ0v) is 4.05. The molecule has 4 heteroatoms. The molecule has 2 N–H and O–H groups in total. The van der Waals surface area contributed by atoms with Gasteiger partial charge >= 0.3 is 5.76 Å². The molecule has 0 aromatic carbocycles. The van der Waals surface area contributed by atoms with Crippen LogP contribution in [0.3, 0.4) is 0 Å². The van der Waals surface area contributed by atoms with E-state index in [1.54, 1.807) is 0 Å². The van der Waals surface area contributed by atoms with Gasteiger partial charge in [0.15, 0.2) is 0 Å². The van der Waals surface area contributed by atoms with Gasteiger partial charge in [-0.25, -0.2) is 4.79 Å². The van der Waals surface area contributed by atoms with Crippen molar-refractivity contribution in [2.75, 3.05) is 0 Å². The van der Waals surface area contributed by atoms with Gasteiger partial charge in [0, 0.05) is 0 Å². The summed E-state index contributed by atoms with van der Waals surface area (Å²) in [6.45, 7) is -0.189. The third kappa shape index (κ3) is 0.788. The van der Waals surface area contributed by atoms with Crippen LogP contribution in [0.15, 0.2) is 15.5 Å². The average molecular weight is 115 g/mol. The van der Waals surface area contributed by atoms with Gasteiger partial charge in [-0.1, -0.05) is 0 Å². The molecule has 0 aliphatic heterocycles. The summed E-state index contributed by atoms with van der Waals surface area (Å²) in [7, 11) is 0. The Kier molecular flexibility index (Phi) is 1.17. The summed E-state index contributed by atoms with van der Waals surface area (Å²) in [6.07, 6.45) is 1.18. The largest absolute Gasteiger partial charge is 0.416 e. The molecule has 1 heterocycles. The second-order valence-corrected chi connectivity index (χ2v) is 1.33. The Balaban J connectivity index is 3.01. The van der Waals surface area contributed by atoms with Gasteiger partial charge in [-0.05, 0) is 0 Å². The van der Waals surface area contributed by atoms with Gasteiger partial charge in [0.25, 0.3) is 0 Å². The fourth-order valence-corrected chi connectivity index (χ4v) is 0.391. The maximum Gasteiger partial charge on any atom is 0.416 e. The van der Waals surface area contributed by atoms with Crippen LogP contribution in [0.25, 0.3) is 0 Å². The molecule has 1 rings (SSSR count). The van der Waals surface area contributed by atoms with E-state index in [1.807, 2.05) is 0 Å². The number of H-pyrrole nitrogens is 1. The van der Waals surface area contributed by atoms with Crippen molar-refractivity contribution in [3.63, 3.8) is 0 Å². The SMILES string of the molecule is O=c1[nH]c(CO)co1. The predicted molar refractivity (Wildman–Crippen MR) is 25.3 cm³/mol. The minimum atomic E-state index is -0.533. The molecule has 0 spiro atoms. The number of nitrogens with one attached hydrogen (secondary N) is 1. The number of oxazole rings is 1. The topological polar surface area (TPSA) is 66.2 Å². The second-order valence-electron chi connectivity index (χ2n) is 1.33. The maximum atomic E-state index is 10.1. The van der Waals surface area contributed by atoms with Gasteiger partial charge in [0.05, 0.1) is 12.3 Å². The highest BCUT2D eigenvalue weighted by Crippen LogP contribution is 1.85. The van der Waals surface area contributed by atoms with E-state index < -0.39 is 5.76 Å². The number of hydrogen-bond acceptors (Lipinski definition) is 3. The molecule has 0 fully saturated rings. The van der Waals surface area contributed by atoms with E-state index in [9.17, 15) is 4.79 Å². The lowest BCUT2D eigenvalue weighted by Gasteiger charge is -1.77. The molecular formula is C4H5NO3. The Morgan fingerprint density at radius 3 is 2.88 bits per heavy atom. The third-order valence-corrected chi connectivity index (χ3v) is 0.741. The molecule has 0 atom stereocenters. The molecule has 0 saturated carbocycles. The Hall–Kier alpha value is -1.03. The number of aromatic amines is 1. The lowest BCUT2D eigenvalue weighted by molar-refractivity contribution is 0.276. The normalized spacial score (nSPS) is 9.62. The maximum absolute atomic E-state index is 10.1. The van der Waals surface area contributed by atoms with Crippen molar-refractivity contribution in [1.82, 2.24) is 4.98 Å². The summed E-state index contributed by atoms with van der Waals surface area (Å²) in [6, 6.07) is 0. The molecule has 0 unspecified atom stereocenters. The van der Waals surface area contributed by atoms with Crippen LogP contribution < -0.4 is 5.76 Å². The first-order valence-electron chi connectivity index (χ1n) is 2.10. The zero-order chi connectivity index (χ0) is 5.98. The quantitative estimate of drug-likeness (QED) is 0.516. The van der Waals surface area contributed by atoms with Gasteiger partial charge < -0.3 is 9.52 Å². The molecule has 0 radical (unpaired) electrons. The number of aliphatic hydroxyl groups excluding tert-OH is 1. The number of aromatic nitrogens is 1. The first-order chi connectivity index (χ1) is 3.83. The number of hydrogen-bond donors (Lipinski definition) is 2. The highest BCUT2D eigenvalue weighted by Gasteiger charge is 1.91. The fraction of sp³-hybridized carbons (Fsp3) is 0.250. The van der Waals surface area contributed by atoms with Crippen LogP contribution in [0.1, 0.15) is 5.69 Å². The van der Waals surface area contributed by atoms with Crippen LogP contribution >= 0.6 is 0 Å². The molecular weight excluding hydrogens is 110 g/mol. The molecule has 0 amide bonds. The van der Waals surface area contributed by atoms with Gasteiger partial charge in [-0.15, -0.1) is 0 Å². The van der Waals surface area contributed by atoms with Crippen LogP contribution in [0.4, 0.5) is 0 Å². The Morgan fingerprint density at radius 1 is 1.88 bits per heavy atom. The van der Waals surface area contributed by atoms with E-state index >= 15 is 0 Å². The molecule has 1 aromatic heterocycles. The fourth-order valence-electron chi connectivity index (χ4n) is 0.391. The molecule has 0 bridgehead atoms. The average Bonchev–Trinajstić information content (AvgIpc) is 2.14. The lowest BCUT2D eigenvalue weighted by Crippen LogP contribution is -1.96. The number of aliphatic hydroxyl groups is 1. The smallest absolute Gasteiger partial charge is 0.416 e. The monoisotopic (exact) mass is 115 g/mol. The third-order valence-electron chi connectivity index (χ3n) is 0.741. The summed E-state index contributed by atoms with van der Waals surface area (Å²) in [4.78, 5) is 12.4. The van der Waals surface area contributed by atoms with Crippen LogP contribution in [0.5, 0.6) is 0 Å². The Morgan fingerprint density at radius 2 is 2.62 bits per heavy atom. The van der Waals surface area contributed by atoms with Crippen molar-refractivity contribution >= 4 is 0 Å². The van der Waals surface area contributed by atoms with Crippen molar-refractivity contribution in [3.05, 3.63) is 22.5 Å². The summed E-state index contributed by atoms with van der Waals surface area (Å²) < 4.78 is 4.28. The molecule has 4 nitrogen and oxygen atoms in total. The minimum absolute atomic E-state index is 0.189. The zero-order valence-electron chi connectivity index (χ0n) is 4.05. The first-order valence-corrected chi connectivity index (χ1v) is 2.10. The molecule has 44 valence electrons. The second kappa shape index (κ2) is 1.83. The van der Waals surface area contributed by atoms with Crippen molar-refractivity contribution < 1.29 is 9.52 Å². The standard InChI is InChI=1S/C4H5NO3/c6-1-3-2-8-4(7)5-3/h2,6H,1H2,(H,5,7). The Bertz CT molecular complexity index is 211. The summed E-state index contributed by atoms with van der Waals surface area (Å²) in [5.74, 6) is -0.533. The molecule has 1 aromatic rings.